The Labute approximate surface area is 161 Å². The first-order valence-corrected chi connectivity index (χ1v) is 9.05. The van der Waals surface area contributed by atoms with Gasteiger partial charge in [0.15, 0.2) is 0 Å². The topological polar surface area (TPSA) is 84.1 Å². The van der Waals surface area contributed by atoms with Crippen LogP contribution in [0.15, 0.2) is 48.7 Å². The molecule has 0 amide bonds. The minimum Gasteiger partial charge on any atom is -0.497 e. The molecule has 6 nitrogen and oxygen atoms in total. The van der Waals surface area contributed by atoms with Crippen LogP contribution in [0.25, 0.3) is 10.9 Å². The maximum absolute atomic E-state index is 14.7. The van der Waals surface area contributed by atoms with Gasteiger partial charge in [-0.1, -0.05) is 18.2 Å². The van der Waals surface area contributed by atoms with E-state index in [4.69, 9.17) is 9.47 Å². The van der Waals surface area contributed by atoms with Crippen LogP contribution in [0.1, 0.15) is 17.2 Å². The van der Waals surface area contributed by atoms with Gasteiger partial charge in [0.1, 0.15) is 36.0 Å². The summed E-state index contributed by atoms with van der Waals surface area (Å²) >= 11 is 0. The first kappa shape index (κ1) is 18.9. The van der Waals surface area contributed by atoms with Crippen LogP contribution >= 0.6 is 0 Å². The number of hydrogen-bond acceptors (Lipinski definition) is 5. The third kappa shape index (κ3) is 3.27. The van der Waals surface area contributed by atoms with Gasteiger partial charge < -0.3 is 29.4 Å². The van der Waals surface area contributed by atoms with E-state index in [2.05, 4.69) is 0 Å². The third-order valence-electron chi connectivity index (χ3n) is 5.20. The van der Waals surface area contributed by atoms with E-state index < -0.39 is 30.2 Å². The number of nitrogens with zero attached hydrogens (tertiary/aromatic N) is 1. The van der Waals surface area contributed by atoms with E-state index in [1.807, 2.05) is 28.8 Å². The Hall–Kier alpha value is -2.45. The Balaban J connectivity index is 1.75. The van der Waals surface area contributed by atoms with Gasteiger partial charge in [0.2, 0.25) is 0 Å². The quantitative estimate of drug-likeness (QED) is 0.638. The van der Waals surface area contributed by atoms with E-state index in [-0.39, 0.29) is 6.61 Å². The number of rotatable bonds is 4. The molecular formula is C21H22FNO5. The van der Waals surface area contributed by atoms with Crippen molar-refractivity contribution >= 4 is 10.9 Å². The minimum absolute atomic E-state index is 0.136. The fourth-order valence-corrected chi connectivity index (χ4v) is 3.69. The highest BCUT2D eigenvalue weighted by atomic mass is 19.1. The molecule has 1 aliphatic rings. The van der Waals surface area contributed by atoms with Crippen molar-refractivity contribution in [1.29, 1.82) is 0 Å². The monoisotopic (exact) mass is 387 g/mol. The van der Waals surface area contributed by atoms with Crippen molar-refractivity contribution in [3.63, 3.8) is 0 Å². The molecule has 1 aromatic heterocycles. The second kappa shape index (κ2) is 7.52. The van der Waals surface area contributed by atoms with Gasteiger partial charge in [-0.05, 0) is 29.8 Å². The molecule has 0 aliphatic carbocycles. The molecule has 148 valence electrons. The first-order chi connectivity index (χ1) is 13.5. The smallest absolute Gasteiger partial charge is 0.132 e. The number of aliphatic hydroxyl groups excluding tert-OH is 3. The average Bonchev–Trinajstić information content (AvgIpc) is 3.06. The van der Waals surface area contributed by atoms with Crippen molar-refractivity contribution in [2.45, 2.75) is 31.0 Å². The molecule has 0 radical (unpaired) electrons. The number of benzene rings is 2. The molecule has 3 aromatic rings. The van der Waals surface area contributed by atoms with Crippen molar-refractivity contribution in [2.24, 2.45) is 0 Å². The van der Waals surface area contributed by atoms with Gasteiger partial charge in [0.25, 0.3) is 0 Å². The Morgan fingerprint density at radius 1 is 1.11 bits per heavy atom. The SMILES string of the molecule is COc1ccc(Cn2cc([C@@H]3OC[C@@H](O)[C@H](O)[C@H]3O)c3c(F)cccc32)cc1. The number of aliphatic hydroxyl groups is 3. The molecule has 4 atom stereocenters. The number of methoxy groups -OCH3 is 1. The van der Waals surface area contributed by atoms with E-state index in [0.29, 0.717) is 23.0 Å². The molecule has 0 saturated carbocycles. The summed E-state index contributed by atoms with van der Waals surface area (Å²) in [6, 6.07) is 12.3. The van der Waals surface area contributed by atoms with Crippen LogP contribution in [0.5, 0.6) is 5.75 Å². The van der Waals surface area contributed by atoms with Crippen LogP contribution in [-0.2, 0) is 11.3 Å². The summed E-state index contributed by atoms with van der Waals surface area (Å²) in [5.41, 5.74) is 2.09. The Kier molecular flexibility index (Phi) is 5.07. The van der Waals surface area contributed by atoms with Crippen molar-refractivity contribution < 1.29 is 29.2 Å². The molecule has 1 fully saturated rings. The highest BCUT2D eigenvalue weighted by Crippen LogP contribution is 2.36. The second-order valence-corrected chi connectivity index (χ2v) is 7.00. The Morgan fingerprint density at radius 2 is 1.86 bits per heavy atom. The Morgan fingerprint density at radius 3 is 2.57 bits per heavy atom. The largest absolute Gasteiger partial charge is 0.497 e. The summed E-state index contributed by atoms with van der Waals surface area (Å²) in [6.07, 6.45) is -3.09. The second-order valence-electron chi connectivity index (χ2n) is 7.00. The molecule has 0 spiro atoms. The van der Waals surface area contributed by atoms with Crippen LogP contribution in [0, 0.1) is 5.82 Å². The average molecular weight is 387 g/mol. The standard InChI is InChI=1S/C21H22FNO5/c1-27-13-7-5-12(6-8-13)9-23-10-14(18-15(22)3-2-4-16(18)23)21-20(26)19(25)17(24)11-28-21/h2-8,10,17,19-21,24-26H,9,11H2,1H3/t17-,19+,20-,21+/m1/s1. The van der Waals surface area contributed by atoms with Gasteiger partial charge in [-0.25, -0.2) is 4.39 Å². The van der Waals surface area contributed by atoms with Crippen molar-refractivity contribution in [1.82, 2.24) is 4.57 Å². The molecule has 7 heteroatoms. The fourth-order valence-electron chi connectivity index (χ4n) is 3.69. The zero-order valence-electron chi connectivity index (χ0n) is 15.3. The van der Waals surface area contributed by atoms with Gasteiger partial charge in [-0.15, -0.1) is 0 Å². The van der Waals surface area contributed by atoms with Gasteiger partial charge in [-0.3, -0.25) is 0 Å². The van der Waals surface area contributed by atoms with Crippen LogP contribution in [0.4, 0.5) is 4.39 Å². The lowest BCUT2D eigenvalue weighted by molar-refractivity contribution is -0.188. The lowest BCUT2D eigenvalue weighted by Crippen LogP contribution is -2.49. The van der Waals surface area contributed by atoms with E-state index in [1.165, 1.54) is 6.07 Å². The molecule has 2 heterocycles. The fraction of sp³-hybridized carbons (Fsp3) is 0.333. The number of hydrogen-bond donors (Lipinski definition) is 3. The normalized spacial score (nSPS) is 25.2. The molecule has 1 saturated heterocycles. The summed E-state index contributed by atoms with van der Waals surface area (Å²) in [7, 11) is 1.60. The van der Waals surface area contributed by atoms with Crippen molar-refractivity contribution in [2.75, 3.05) is 13.7 Å². The molecule has 3 N–H and O–H groups in total. The molecule has 2 aromatic carbocycles. The molecule has 0 unspecified atom stereocenters. The minimum atomic E-state index is -1.36. The maximum atomic E-state index is 14.7. The molecule has 1 aliphatic heterocycles. The molecular weight excluding hydrogens is 365 g/mol. The van der Waals surface area contributed by atoms with E-state index >= 15 is 0 Å². The summed E-state index contributed by atoms with van der Waals surface area (Å²) in [5.74, 6) is 0.316. The number of fused-ring (bicyclic) bond motifs is 1. The van der Waals surface area contributed by atoms with Gasteiger partial charge in [-0.2, -0.15) is 0 Å². The van der Waals surface area contributed by atoms with Gasteiger partial charge >= 0.3 is 0 Å². The Bertz CT molecular complexity index is 971. The first-order valence-electron chi connectivity index (χ1n) is 9.05. The molecule has 4 rings (SSSR count). The van der Waals surface area contributed by atoms with E-state index in [0.717, 1.165) is 11.3 Å². The molecule has 0 bridgehead atoms. The summed E-state index contributed by atoms with van der Waals surface area (Å²) in [4.78, 5) is 0. The third-order valence-corrected chi connectivity index (χ3v) is 5.20. The maximum Gasteiger partial charge on any atom is 0.132 e. The highest BCUT2D eigenvalue weighted by molar-refractivity contribution is 5.85. The number of halogens is 1. The molecule has 28 heavy (non-hydrogen) atoms. The van der Waals surface area contributed by atoms with E-state index in [1.54, 1.807) is 25.4 Å². The number of ether oxygens (including phenoxy) is 2. The highest BCUT2D eigenvalue weighted by Gasteiger charge is 2.39. The summed E-state index contributed by atoms with van der Waals surface area (Å²) in [6.45, 7) is 0.348. The zero-order valence-corrected chi connectivity index (χ0v) is 15.3. The zero-order chi connectivity index (χ0) is 19.8. The van der Waals surface area contributed by atoms with Crippen LogP contribution in [0.2, 0.25) is 0 Å². The van der Waals surface area contributed by atoms with Crippen molar-refractivity contribution in [3.8, 4) is 5.75 Å². The van der Waals surface area contributed by atoms with Crippen molar-refractivity contribution in [3.05, 3.63) is 65.6 Å². The lowest BCUT2D eigenvalue weighted by Gasteiger charge is -2.35. The van der Waals surface area contributed by atoms with E-state index in [9.17, 15) is 19.7 Å². The summed E-state index contributed by atoms with van der Waals surface area (Å²) in [5, 5.41) is 30.4. The summed E-state index contributed by atoms with van der Waals surface area (Å²) < 4.78 is 27.3. The predicted molar refractivity (Wildman–Crippen MR) is 101 cm³/mol. The lowest BCUT2D eigenvalue weighted by atomic mass is 9.94. The van der Waals surface area contributed by atoms with Gasteiger partial charge in [0, 0.05) is 23.7 Å². The number of aromatic nitrogens is 1. The predicted octanol–water partition coefficient (Wildman–Crippen LogP) is 1.99. The van der Waals surface area contributed by atoms with Crippen LogP contribution < -0.4 is 4.74 Å². The van der Waals surface area contributed by atoms with Gasteiger partial charge in [0.05, 0.1) is 19.2 Å². The van der Waals surface area contributed by atoms with Crippen LogP contribution in [-0.4, -0.2) is 51.9 Å². The van der Waals surface area contributed by atoms with Crippen LogP contribution in [0.3, 0.4) is 0 Å².